The van der Waals surface area contributed by atoms with E-state index in [2.05, 4.69) is 15.2 Å². The summed E-state index contributed by atoms with van der Waals surface area (Å²) in [5.41, 5.74) is 8.44. The van der Waals surface area contributed by atoms with Gasteiger partial charge in [0.25, 0.3) is 0 Å². The highest BCUT2D eigenvalue weighted by Crippen LogP contribution is 2.33. The van der Waals surface area contributed by atoms with Crippen LogP contribution in [-0.4, -0.2) is 47.0 Å². The third kappa shape index (κ3) is 4.52. The zero-order valence-electron chi connectivity index (χ0n) is 18.0. The summed E-state index contributed by atoms with van der Waals surface area (Å²) in [6, 6.07) is 16.0. The molecule has 6 nitrogen and oxygen atoms in total. The lowest BCUT2D eigenvalue weighted by Crippen LogP contribution is -2.36. The van der Waals surface area contributed by atoms with Crippen LogP contribution in [0.15, 0.2) is 60.7 Å². The first kappa shape index (κ1) is 21.3. The van der Waals surface area contributed by atoms with Gasteiger partial charge in [0, 0.05) is 43.9 Å². The number of amides is 2. The van der Waals surface area contributed by atoms with Crippen LogP contribution in [0.1, 0.15) is 5.56 Å². The minimum absolute atomic E-state index is 0.177. The van der Waals surface area contributed by atoms with Crippen molar-refractivity contribution in [3.8, 4) is 11.3 Å². The third-order valence-corrected chi connectivity index (χ3v) is 6.49. The van der Waals surface area contributed by atoms with Crippen molar-refractivity contribution in [1.29, 1.82) is 0 Å². The molecule has 8 heteroatoms. The van der Waals surface area contributed by atoms with Gasteiger partial charge in [-0.3, -0.25) is 10.2 Å². The number of rotatable bonds is 4. The summed E-state index contributed by atoms with van der Waals surface area (Å²) < 4.78 is 27.2. The van der Waals surface area contributed by atoms with E-state index < -0.39 is 0 Å². The summed E-state index contributed by atoms with van der Waals surface area (Å²) in [4.78, 5) is 21.4. The van der Waals surface area contributed by atoms with Crippen molar-refractivity contribution < 1.29 is 13.6 Å². The molecule has 2 aliphatic rings. The van der Waals surface area contributed by atoms with Crippen molar-refractivity contribution in [1.82, 2.24) is 14.8 Å². The first-order valence-electron chi connectivity index (χ1n) is 11.0. The van der Waals surface area contributed by atoms with Gasteiger partial charge in [-0.15, -0.1) is 0 Å². The molecule has 0 aliphatic carbocycles. The molecule has 2 atom stereocenters. The summed E-state index contributed by atoms with van der Waals surface area (Å²) in [7, 11) is 0. The van der Waals surface area contributed by atoms with Gasteiger partial charge in [-0.25, -0.2) is 18.6 Å². The van der Waals surface area contributed by atoms with Crippen molar-refractivity contribution in [3.63, 3.8) is 0 Å². The maximum Gasteiger partial charge on any atom is 0.323 e. The zero-order valence-corrected chi connectivity index (χ0v) is 18.0. The minimum atomic E-state index is -0.324. The first-order chi connectivity index (χ1) is 16.0. The number of fused-ring (bicyclic) bond motifs is 1. The maximum atomic E-state index is 14.0. The van der Waals surface area contributed by atoms with Gasteiger partial charge < -0.3 is 10.6 Å². The number of nitrogens with zero attached hydrogens (tertiary/aromatic N) is 3. The molecular weight excluding hydrogens is 424 g/mol. The molecule has 2 unspecified atom stereocenters. The maximum absolute atomic E-state index is 14.0. The molecule has 3 N–H and O–H groups in total. The summed E-state index contributed by atoms with van der Waals surface area (Å²) >= 11 is 0. The molecule has 0 radical (unpaired) electrons. The van der Waals surface area contributed by atoms with Crippen LogP contribution in [-0.2, 0) is 6.54 Å². The average molecular weight is 450 g/mol. The van der Waals surface area contributed by atoms with E-state index in [1.54, 1.807) is 35.2 Å². The van der Waals surface area contributed by atoms with Crippen molar-refractivity contribution in [3.05, 3.63) is 77.9 Å². The molecule has 2 fully saturated rings. The molecule has 170 valence electrons. The number of hydrogen-bond acceptors (Lipinski definition) is 4. The molecule has 2 aromatic carbocycles. The van der Waals surface area contributed by atoms with E-state index in [0.717, 1.165) is 18.7 Å². The standard InChI is InChI=1S/C25H25F2N5O/c26-20-7-5-16(6-8-20)23-10-9-22(28)24(29-23)30-25(33)32-14-18-12-31(13-19(18)15-32)11-17-3-1-2-4-21(17)27/h1-10,18-19H,11-15,28H2,(H,29,30,33). The SMILES string of the molecule is Nc1ccc(-c2ccc(F)cc2)nc1NC(=O)N1CC2CN(Cc3ccccc3F)CC2C1. The van der Waals surface area contributed by atoms with E-state index in [1.807, 2.05) is 12.1 Å². The number of likely N-dealkylation sites (tertiary alicyclic amines) is 2. The fourth-order valence-corrected chi connectivity index (χ4v) is 4.78. The van der Waals surface area contributed by atoms with Crippen LogP contribution in [0.2, 0.25) is 0 Å². The van der Waals surface area contributed by atoms with Crippen LogP contribution in [0.4, 0.5) is 25.1 Å². The number of hydrogen-bond donors (Lipinski definition) is 2. The lowest BCUT2D eigenvalue weighted by molar-refractivity contribution is 0.211. The number of nitrogen functional groups attached to an aromatic ring is 1. The largest absolute Gasteiger partial charge is 0.396 e. The fourth-order valence-electron chi connectivity index (χ4n) is 4.78. The van der Waals surface area contributed by atoms with Gasteiger partial charge in [-0.1, -0.05) is 18.2 Å². The van der Waals surface area contributed by atoms with E-state index in [-0.39, 0.29) is 17.7 Å². The first-order valence-corrected chi connectivity index (χ1v) is 11.0. The molecular formula is C25H25F2N5O. The predicted octanol–water partition coefficient (Wildman–Crippen LogP) is 4.20. The van der Waals surface area contributed by atoms with Gasteiger partial charge >= 0.3 is 6.03 Å². The Morgan fingerprint density at radius 2 is 1.67 bits per heavy atom. The van der Waals surface area contributed by atoms with E-state index in [1.165, 1.54) is 18.2 Å². The second-order valence-corrected chi connectivity index (χ2v) is 8.78. The van der Waals surface area contributed by atoms with Gasteiger partial charge in [0.2, 0.25) is 0 Å². The molecule has 0 saturated carbocycles. The second-order valence-electron chi connectivity index (χ2n) is 8.78. The van der Waals surface area contributed by atoms with Gasteiger partial charge in [0.1, 0.15) is 11.6 Å². The molecule has 33 heavy (non-hydrogen) atoms. The Morgan fingerprint density at radius 3 is 2.36 bits per heavy atom. The van der Waals surface area contributed by atoms with Crippen LogP contribution < -0.4 is 11.1 Å². The lowest BCUT2D eigenvalue weighted by Gasteiger charge is -2.22. The number of halogens is 2. The van der Waals surface area contributed by atoms with Gasteiger partial charge in [-0.05, 0) is 54.3 Å². The number of anilines is 2. The molecule has 2 saturated heterocycles. The minimum Gasteiger partial charge on any atom is -0.396 e. The highest BCUT2D eigenvalue weighted by Gasteiger charge is 2.41. The molecule has 1 aromatic heterocycles. The van der Waals surface area contributed by atoms with Crippen molar-refractivity contribution >= 4 is 17.5 Å². The second kappa shape index (κ2) is 8.78. The number of aromatic nitrogens is 1. The molecule has 2 amide bonds. The number of benzene rings is 2. The van der Waals surface area contributed by atoms with Crippen LogP contribution in [0.3, 0.4) is 0 Å². The summed E-state index contributed by atoms with van der Waals surface area (Å²) in [5.74, 6) is 0.509. The molecule has 0 spiro atoms. The van der Waals surface area contributed by atoms with Crippen LogP contribution in [0.25, 0.3) is 11.3 Å². The molecule has 2 aliphatic heterocycles. The zero-order chi connectivity index (χ0) is 22.9. The highest BCUT2D eigenvalue weighted by molar-refractivity contribution is 5.92. The van der Waals surface area contributed by atoms with E-state index in [4.69, 9.17) is 5.73 Å². The average Bonchev–Trinajstić information content (AvgIpc) is 3.36. The number of urea groups is 1. The van der Waals surface area contributed by atoms with Crippen molar-refractivity contribution in [2.24, 2.45) is 11.8 Å². The van der Waals surface area contributed by atoms with Crippen LogP contribution in [0.5, 0.6) is 0 Å². The number of nitrogens with two attached hydrogens (primary N) is 1. The molecule has 3 aromatic rings. The van der Waals surface area contributed by atoms with Gasteiger partial charge in [-0.2, -0.15) is 0 Å². The van der Waals surface area contributed by atoms with Crippen LogP contribution in [0, 0.1) is 23.5 Å². The Labute approximate surface area is 191 Å². The number of pyridine rings is 1. The predicted molar refractivity (Wildman–Crippen MR) is 123 cm³/mol. The Kier molecular flexibility index (Phi) is 5.68. The number of nitrogens with one attached hydrogen (secondary N) is 1. The van der Waals surface area contributed by atoms with Gasteiger partial charge in [0.05, 0.1) is 11.4 Å². The fraction of sp³-hybridized carbons (Fsp3) is 0.280. The number of carbonyl (C=O) groups is 1. The summed E-state index contributed by atoms with van der Waals surface area (Å²) in [6.45, 7) is 3.54. The van der Waals surface area contributed by atoms with E-state index in [9.17, 15) is 13.6 Å². The van der Waals surface area contributed by atoms with Crippen LogP contribution >= 0.6 is 0 Å². The van der Waals surface area contributed by atoms with Gasteiger partial charge in [0.15, 0.2) is 5.82 Å². The van der Waals surface area contributed by atoms with E-state index in [0.29, 0.717) is 54.2 Å². The molecule has 3 heterocycles. The number of carbonyl (C=O) groups excluding carboxylic acids is 1. The smallest absolute Gasteiger partial charge is 0.323 e. The Morgan fingerprint density at radius 1 is 0.970 bits per heavy atom. The van der Waals surface area contributed by atoms with E-state index >= 15 is 0 Å². The Bertz CT molecular complexity index is 1160. The molecule has 5 rings (SSSR count). The summed E-state index contributed by atoms with van der Waals surface area (Å²) in [5, 5.41) is 2.84. The normalized spacial score (nSPS) is 20.1. The van der Waals surface area contributed by atoms with Crippen molar-refractivity contribution in [2.75, 3.05) is 37.2 Å². The van der Waals surface area contributed by atoms with Crippen molar-refractivity contribution in [2.45, 2.75) is 6.54 Å². The topological polar surface area (TPSA) is 74.5 Å². The lowest BCUT2D eigenvalue weighted by atomic mass is 10.0. The third-order valence-electron chi connectivity index (χ3n) is 6.49. The quantitative estimate of drug-likeness (QED) is 0.626. The highest BCUT2D eigenvalue weighted by atomic mass is 19.1. The summed E-state index contributed by atoms with van der Waals surface area (Å²) in [6.07, 6.45) is 0. The molecule has 0 bridgehead atoms. The Hall–Kier alpha value is -3.52. The Balaban J connectivity index is 1.21. The monoisotopic (exact) mass is 449 g/mol.